The van der Waals surface area contributed by atoms with Crippen molar-refractivity contribution in [3.63, 3.8) is 0 Å². The van der Waals surface area contributed by atoms with Gasteiger partial charge in [0.1, 0.15) is 17.2 Å². The van der Waals surface area contributed by atoms with Crippen LogP contribution in [0.15, 0.2) is 78.2 Å². The van der Waals surface area contributed by atoms with E-state index in [1.807, 2.05) is 0 Å². The summed E-state index contributed by atoms with van der Waals surface area (Å²) >= 11 is 0. The van der Waals surface area contributed by atoms with Crippen LogP contribution >= 0.6 is 0 Å². The summed E-state index contributed by atoms with van der Waals surface area (Å²) in [6, 6.07) is 11.4. The van der Waals surface area contributed by atoms with Crippen molar-refractivity contribution in [3.05, 3.63) is 84.3 Å². The highest BCUT2D eigenvalue weighted by Gasteiger charge is 2.31. The molecule has 1 aromatic heterocycles. The van der Waals surface area contributed by atoms with E-state index in [0.29, 0.717) is 17.2 Å². The number of allylic oxidation sites excluding steroid dienone is 1. The van der Waals surface area contributed by atoms with Crippen LogP contribution in [0, 0.1) is 0 Å². The first-order valence-corrected chi connectivity index (χ1v) is 10.8. The predicted molar refractivity (Wildman–Crippen MR) is 135 cm³/mol. The summed E-state index contributed by atoms with van der Waals surface area (Å²) in [5.74, 6) is 0.433. The van der Waals surface area contributed by atoms with E-state index in [1.165, 1.54) is 36.6 Å². The molecule has 0 atom stereocenters. The monoisotopic (exact) mass is 512 g/mol. The minimum Gasteiger partial charge on any atom is -0.457 e. The molecule has 0 aliphatic heterocycles. The molecule has 0 spiro atoms. The summed E-state index contributed by atoms with van der Waals surface area (Å²) in [5.41, 5.74) is -0.334. The van der Waals surface area contributed by atoms with Crippen LogP contribution in [0.5, 0.6) is 11.5 Å². The lowest BCUT2D eigenvalue weighted by Crippen LogP contribution is -2.22. The SMILES string of the molecule is C=NN(/C=C\C)c1ccc(C(F)(F)F)cc1NC(=O)Nc1ccc(Oc2ccnc(C(=O)NC)c2)cc1. The summed E-state index contributed by atoms with van der Waals surface area (Å²) in [5, 5.41) is 12.5. The topological polar surface area (TPSA) is 108 Å². The summed E-state index contributed by atoms with van der Waals surface area (Å²) in [6.07, 6.45) is -0.0747. The molecule has 0 aliphatic rings. The first-order valence-electron chi connectivity index (χ1n) is 10.8. The van der Waals surface area contributed by atoms with Gasteiger partial charge in [-0.1, -0.05) is 6.08 Å². The number of urea groups is 1. The van der Waals surface area contributed by atoms with E-state index in [1.54, 1.807) is 43.3 Å². The fourth-order valence-corrected chi connectivity index (χ4v) is 3.11. The number of ether oxygens (including phenoxy) is 1. The van der Waals surface area contributed by atoms with Crippen molar-refractivity contribution in [2.24, 2.45) is 5.10 Å². The Morgan fingerprint density at radius 1 is 1.05 bits per heavy atom. The van der Waals surface area contributed by atoms with Crippen molar-refractivity contribution in [2.45, 2.75) is 13.1 Å². The summed E-state index contributed by atoms with van der Waals surface area (Å²) < 4.78 is 45.5. The Morgan fingerprint density at radius 2 is 1.78 bits per heavy atom. The van der Waals surface area contributed by atoms with Gasteiger partial charge in [0.25, 0.3) is 5.91 Å². The second-order valence-electron chi connectivity index (χ2n) is 7.36. The summed E-state index contributed by atoms with van der Waals surface area (Å²) in [4.78, 5) is 28.3. The molecule has 0 saturated heterocycles. The Labute approximate surface area is 210 Å². The van der Waals surface area contributed by atoms with Crippen molar-refractivity contribution in [1.82, 2.24) is 10.3 Å². The first kappa shape index (κ1) is 26.7. The first-order chi connectivity index (χ1) is 17.6. The molecule has 2 aromatic carbocycles. The van der Waals surface area contributed by atoms with Crippen LogP contribution < -0.4 is 25.7 Å². The third-order valence-corrected chi connectivity index (χ3v) is 4.80. The van der Waals surface area contributed by atoms with Crippen LogP contribution in [0.3, 0.4) is 0 Å². The van der Waals surface area contributed by atoms with Crippen molar-refractivity contribution >= 4 is 35.7 Å². The standard InChI is InChI=1S/C25H23F3N6O3/c1-4-13-34(30-3)22-10-5-16(25(26,27)28)14-20(22)33-24(36)32-17-6-8-18(9-7-17)37-19-11-12-31-21(15-19)23(35)29-2/h4-15H,3H2,1-2H3,(H,29,35)(H2,32,33,36)/b13-4-. The van der Waals surface area contributed by atoms with Crippen molar-refractivity contribution in [2.75, 3.05) is 22.7 Å². The molecule has 3 N–H and O–H groups in total. The molecule has 0 bridgehead atoms. The number of hydrogen-bond acceptors (Lipinski definition) is 6. The van der Waals surface area contributed by atoms with Crippen LogP contribution in [0.2, 0.25) is 0 Å². The fraction of sp³-hybridized carbons (Fsp3) is 0.120. The number of hydrazone groups is 1. The van der Waals surface area contributed by atoms with E-state index in [2.05, 4.69) is 32.8 Å². The van der Waals surface area contributed by atoms with Gasteiger partial charge in [-0.15, -0.1) is 0 Å². The largest absolute Gasteiger partial charge is 0.457 e. The summed E-state index contributed by atoms with van der Waals surface area (Å²) in [7, 11) is 1.49. The van der Waals surface area contributed by atoms with Gasteiger partial charge in [-0.25, -0.2) is 9.80 Å². The van der Waals surface area contributed by atoms with Gasteiger partial charge in [-0.05, 0) is 55.5 Å². The van der Waals surface area contributed by atoms with Gasteiger partial charge < -0.3 is 20.7 Å². The van der Waals surface area contributed by atoms with Gasteiger partial charge in [0.05, 0.1) is 16.9 Å². The van der Waals surface area contributed by atoms with Crippen LogP contribution in [-0.4, -0.2) is 30.7 Å². The second-order valence-corrected chi connectivity index (χ2v) is 7.36. The maximum Gasteiger partial charge on any atom is 0.416 e. The molecule has 1 heterocycles. The zero-order valence-electron chi connectivity index (χ0n) is 19.8. The maximum atomic E-state index is 13.3. The average Bonchev–Trinajstić information content (AvgIpc) is 2.87. The van der Waals surface area contributed by atoms with Crippen LogP contribution in [0.4, 0.5) is 35.0 Å². The minimum absolute atomic E-state index is 0.123. The quantitative estimate of drug-likeness (QED) is 0.259. The number of carbonyl (C=O) groups excluding carboxylic acids is 2. The third-order valence-electron chi connectivity index (χ3n) is 4.80. The molecule has 3 rings (SSSR count). The number of amides is 3. The van der Waals surface area contributed by atoms with Gasteiger partial charge >= 0.3 is 12.2 Å². The smallest absolute Gasteiger partial charge is 0.416 e. The number of aromatic nitrogens is 1. The molecule has 3 aromatic rings. The van der Waals surface area contributed by atoms with Gasteiger partial charge in [0, 0.05) is 37.9 Å². The molecule has 192 valence electrons. The van der Waals surface area contributed by atoms with Crippen LogP contribution in [-0.2, 0) is 6.18 Å². The Bertz CT molecular complexity index is 1310. The molecular weight excluding hydrogens is 489 g/mol. The van der Waals surface area contributed by atoms with E-state index < -0.39 is 17.8 Å². The molecule has 12 heteroatoms. The highest BCUT2D eigenvalue weighted by atomic mass is 19.4. The lowest BCUT2D eigenvalue weighted by atomic mass is 10.1. The highest BCUT2D eigenvalue weighted by Crippen LogP contribution is 2.36. The van der Waals surface area contributed by atoms with Crippen LogP contribution in [0.1, 0.15) is 23.0 Å². The minimum atomic E-state index is -4.61. The lowest BCUT2D eigenvalue weighted by Gasteiger charge is -2.20. The van der Waals surface area contributed by atoms with E-state index in [4.69, 9.17) is 4.74 Å². The van der Waals surface area contributed by atoms with Crippen molar-refractivity contribution in [3.8, 4) is 11.5 Å². The average molecular weight is 512 g/mol. The number of alkyl halides is 3. The van der Waals surface area contributed by atoms with Gasteiger partial charge in [-0.3, -0.25) is 9.78 Å². The second kappa shape index (κ2) is 11.7. The normalized spacial score (nSPS) is 11.1. The predicted octanol–water partition coefficient (Wildman–Crippen LogP) is 5.85. The zero-order chi connectivity index (χ0) is 27.0. The Kier molecular flexibility index (Phi) is 8.46. The molecule has 9 nitrogen and oxygen atoms in total. The Balaban J connectivity index is 1.74. The molecule has 3 amide bonds. The van der Waals surface area contributed by atoms with Crippen molar-refractivity contribution < 1.29 is 27.5 Å². The number of anilines is 3. The number of rotatable bonds is 8. The number of carbonyl (C=O) groups is 2. The molecule has 0 radical (unpaired) electrons. The fourth-order valence-electron chi connectivity index (χ4n) is 3.11. The molecule has 0 fully saturated rings. The zero-order valence-corrected chi connectivity index (χ0v) is 19.8. The number of nitrogens with zero attached hydrogens (tertiary/aromatic N) is 3. The Hall–Kier alpha value is -4.87. The number of pyridine rings is 1. The van der Waals surface area contributed by atoms with E-state index in [0.717, 1.165) is 12.1 Å². The van der Waals surface area contributed by atoms with Gasteiger partial charge in [0.15, 0.2) is 0 Å². The Morgan fingerprint density at radius 3 is 2.41 bits per heavy atom. The third kappa shape index (κ3) is 7.07. The van der Waals surface area contributed by atoms with E-state index >= 15 is 0 Å². The molecular formula is C25H23F3N6O3. The van der Waals surface area contributed by atoms with E-state index in [9.17, 15) is 22.8 Å². The number of benzene rings is 2. The molecule has 0 aliphatic carbocycles. The van der Waals surface area contributed by atoms with Crippen molar-refractivity contribution in [1.29, 1.82) is 0 Å². The van der Waals surface area contributed by atoms with Gasteiger partial charge in [0.2, 0.25) is 0 Å². The van der Waals surface area contributed by atoms with Gasteiger partial charge in [-0.2, -0.15) is 18.3 Å². The number of nitrogens with one attached hydrogen (secondary N) is 3. The molecule has 0 unspecified atom stereocenters. The molecule has 0 saturated carbocycles. The summed E-state index contributed by atoms with van der Waals surface area (Å²) in [6.45, 7) is 5.11. The van der Waals surface area contributed by atoms with Crippen LogP contribution in [0.25, 0.3) is 0 Å². The number of halogens is 3. The highest BCUT2D eigenvalue weighted by molar-refractivity contribution is 6.02. The maximum absolute atomic E-state index is 13.3. The molecule has 37 heavy (non-hydrogen) atoms. The lowest BCUT2D eigenvalue weighted by molar-refractivity contribution is -0.137. The number of hydrogen-bond donors (Lipinski definition) is 3. The van der Waals surface area contributed by atoms with E-state index in [-0.39, 0.29) is 23.0 Å².